The molecule has 0 aromatic carbocycles. The van der Waals surface area contributed by atoms with E-state index in [9.17, 15) is 4.79 Å². The Morgan fingerprint density at radius 3 is 2.95 bits per heavy atom. The molecule has 1 aliphatic carbocycles. The van der Waals surface area contributed by atoms with Gasteiger partial charge in [-0.25, -0.2) is 4.79 Å². The maximum absolute atomic E-state index is 12.0. The van der Waals surface area contributed by atoms with E-state index in [1.165, 1.54) is 11.3 Å². The lowest BCUT2D eigenvalue weighted by atomic mass is 9.98. The number of hydrogen-bond acceptors (Lipinski definition) is 5. The molecule has 2 aliphatic rings. The standard InChI is InChI=1S/C16H25N3O2S/c1-16(2,3)21-15(20)18-14-5-4-11-7-19(9-13(11)14)8-12-6-17-10-22-12/h6,10-11,13-14H,4-5,7-9H2,1-3H3,(H,18,20)/t11-,13+,14-/m1/s1. The molecule has 0 spiro atoms. The SMILES string of the molecule is CC(C)(C)OC(=O)N[C@@H]1CC[C@@H]2CN(Cc3cncs3)C[C@@H]21. The van der Waals surface area contributed by atoms with Crippen LogP contribution in [-0.2, 0) is 11.3 Å². The summed E-state index contributed by atoms with van der Waals surface area (Å²) in [4.78, 5) is 19.9. The van der Waals surface area contributed by atoms with Crippen LogP contribution in [0.2, 0.25) is 0 Å². The maximum Gasteiger partial charge on any atom is 0.407 e. The van der Waals surface area contributed by atoms with E-state index < -0.39 is 5.60 Å². The normalized spacial score (nSPS) is 28.6. The van der Waals surface area contributed by atoms with Gasteiger partial charge in [0.1, 0.15) is 5.60 Å². The molecule has 2 heterocycles. The van der Waals surface area contributed by atoms with E-state index in [4.69, 9.17) is 4.74 Å². The summed E-state index contributed by atoms with van der Waals surface area (Å²) in [5.41, 5.74) is 1.45. The average Bonchev–Trinajstić information content (AvgIpc) is 3.07. The quantitative estimate of drug-likeness (QED) is 0.929. The molecule has 122 valence electrons. The first kappa shape index (κ1) is 15.7. The highest BCUT2D eigenvalue weighted by Crippen LogP contribution is 2.38. The van der Waals surface area contributed by atoms with Crippen LogP contribution in [0.25, 0.3) is 0 Å². The second-order valence-corrected chi connectivity index (χ2v) is 8.39. The molecule has 5 nitrogen and oxygen atoms in total. The lowest BCUT2D eigenvalue weighted by Crippen LogP contribution is -2.42. The van der Waals surface area contributed by atoms with Crippen LogP contribution in [0.15, 0.2) is 11.7 Å². The highest BCUT2D eigenvalue weighted by atomic mass is 32.1. The minimum Gasteiger partial charge on any atom is -0.444 e. The largest absolute Gasteiger partial charge is 0.444 e. The fourth-order valence-electron chi connectivity index (χ4n) is 3.67. The topological polar surface area (TPSA) is 54.5 Å². The number of nitrogens with one attached hydrogen (secondary N) is 1. The summed E-state index contributed by atoms with van der Waals surface area (Å²) in [7, 11) is 0. The Bertz CT molecular complexity index is 512. The molecule has 1 aromatic heterocycles. The summed E-state index contributed by atoms with van der Waals surface area (Å²) >= 11 is 1.71. The third-order valence-electron chi connectivity index (χ3n) is 4.50. The molecule has 1 aliphatic heterocycles. The van der Waals surface area contributed by atoms with Crippen LogP contribution in [0.3, 0.4) is 0 Å². The molecular formula is C16H25N3O2S. The first-order valence-electron chi connectivity index (χ1n) is 8.00. The summed E-state index contributed by atoms with van der Waals surface area (Å²) in [5, 5.41) is 3.09. The van der Waals surface area contributed by atoms with Gasteiger partial charge in [0.2, 0.25) is 0 Å². The molecule has 2 fully saturated rings. The number of carbonyl (C=O) groups is 1. The zero-order chi connectivity index (χ0) is 15.7. The van der Waals surface area contributed by atoms with Crippen molar-refractivity contribution in [3.8, 4) is 0 Å². The van der Waals surface area contributed by atoms with Crippen molar-refractivity contribution in [2.24, 2.45) is 11.8 Å². The van der Waals surface area contributed by atoms with Crippen LogP contribution in [-0.4, -0.2) is 40.7 Å². The second kappa shape index (κ2) is 6.16. The van der Waals surface area contributed by atoms with Gasteiger partial charge in [0.05, 0.1) is 5.51 Å². The van der Waals surface area contributed by atoms with Crippen LogP contribution < -0.4 is 5.32 Å². The number of fused-ring (bicyclic) bond motifs is 1. The first-order chi connectivity index (χ1) is 10.4. The Morgan fingerprint density at radius 2 is 2.27 bits per heavy atom. The molecular weight excluding hydrogens is 298 g/mol. The third kappa shape index (κ3) is 3.79. The van der Waals surface area contributed by atoms with Crippen molar-refractivity contribution in [1.82, 2.24) is 15.2 Å². The Balaban J connectivity index is 1.53. The second-order valence-electron chi connectivity index (χ2n) is 7.42. The van der Waals surface area contributed by atoms with Crippen LogP contribution >= 0.6 is 11.3 Å². The molecule has 0 bridgehead atoms. The van der Waals surface area contributed by atoms with Gasteiger partial charge in [0.25, 0.3) is 0 Å². The Kier molecular flexibility index (Phi) is 4.41. The lowest BCUT2D eigenvalue weighted by Gasteiger charge is -2.24. The maximum atomic E-state index is 12.0. The first-order valence-corrected chi connectivity index (χ1v) is 8.88. The van der Waals surface area contributed by atoms with Crippen molar-refractivity contribution >= 4 is 17.4 Å². The monoisotopic (exact) mass is 323 g/mol. The van der Waals surface area contributed by atoms with Crippen LogP contribution in [0.4, 0.5) is 4.79 Å². The molecule has 3 atom stereocenters. The van der Waals surface area contributed by atoms with Gasteiger partial charge in [0, 0.05) is 36.8 Å². The molecule has 0 unspecified atom stereocenters. The smallest absolute Gasteiger partial charge is 0.407 e. The number of likely N-dealkylation sites (tertiary alicyclic amines) is 1. The summed E-state index contributed by atoms with van der Waals surface area (Å²) in [6.07, 6.45) is 3.95. The number of nitrogens with zero attached hydrogens (tertiary/aromatic N) is 2. The molecule has 1 amide bonds. The zero-order valence-electron chi connectivity index (χ0n) is 13.5. The summed E-state index contributed by atoms with van der Waals surface area (Å²) < 4.78 is 5.39. The van der Waals surface area contributed by atoms with Gasteiger partial charge in [-0.3, -0.25) is 9.88 Å². The molecule has 1 aromatic rings. The van der Waals surface area contributed by atoms with Crippen LogP contribution in [0.1, 0.15) is 38.5 Å². The number of aromatic nitrogens is 1. The van der Waals surface area contributed by atoms with Gasteiger partial charge in [-0.05, 0) is 45.4 Å². The van der Waals surface area contributed by atoms with Crippen molar-refractivity contribution < 1.29 is 9.53 Å². The average molecular weight is 323 g/mol. The predicted molar refractivity (Wildman–Crippen MR) is 86.8 cm³/mol. The van der Waals surface area contributed by atoms with Crippen LogP contribution in [0.5, 0.6) is 0 Å². The number of thiazole rings is 1. The number of amides is 1. The van der Waals surface area contributed by atoms with E-state index in [0.29, 0.717) is 11.8 Å². The molecule has 3 rings (SSSR count). The summed E-state index contributed by atoms with van der Waals surface area (Å²) in [6, 6.07) is 0.256. The Hall–Kier alpha value is -1.14. The van der Waals surface area contributed by atoms with E-state index in [1.807, 2.05) is 32.5 Å². The fraction of sp³-hybridized carbons (Fsp3) is 0.750. The Labute approximate surface area is 136 Å². The molecule has 1 N–H and O–H groups in total. The fourth-order valence-corrected chi connectivity index (χ4v) is 4.30. The number of alkyl carbamates (subject to hydrolysis) is 1. The van der Waals surface area contributed by atoms with Gasteiger partial charge in [-0.1, -0.05) is 0 Å². The highest BCUT2D eigenvalue weighted by Gasteiger charge is 2.43. The van der Waals surface area contributed by atoms with E-state index in [2.05, 4.69) is 15.2 Å². The highest BCUT2D eigenvalue weighted by molar-refractivity contribution is 7.09. The predicted octanol–water partition coefficient (Wildman–Crippen LogP) is 2.88. The Morgan fingerprint density at radius 1 is 1.45 bits per heavy atom. The van der Waals surface area contributed by atoms with Crippen molar-refractivity contribution in [3.63, 3.8) is 0 Å². The van der Waals surface area contributed by atoms with Gasteiger partial charge in [0.15, 0.2) is 0 Å². The van der Waals surface area contributed by atoms with Crippen LogP contribution in [0, 0.1) is 11.8 Å². The molecule has 6 heteroatoms. The van der Waals surface area contributed by atoms with E-state index in [1.54, 1.807) is 11.3 Å². The van der Waals surface area contributed by atoms with Gasteiger partial charge < -0.3 is 10.1 Å². The van der Waals surface area contributed by atoms with Gasteiger partial charge >= 0.3 is 6.09 Å². The van der Waals surface area contributed by atoms with Gasteiger partial charge in [-0.2, -0.15) is 0 Å². The number of ether oxygens (including phenoxy) is 1. The van der Waals surface area contributed by atoms with Gasteiger partial charge in [-0.15, -0.1) is 11.3 Å². The number of rotatable bonds is 3. The molecule has 1 saturated carbocycles. The number of hydrogen-bond donors (Lipinski definition) is 1. The molecule has 1 saturated heterocycles. The summed E-state index contributed by atoms with van der Waals surface area (Å²) in [6.45, 7) is 8.87. The van der Waals surface area contributed by atoms with E-state index in [-0.39, 0.29) is 12.1 Å². The zero-order valence-corrected chi connectivity index (χ0v) is 14.4. The molecule has 22 heavy (non-hydrogen) atoms. The third-order valence-corrected chi connectivity index (χ3v) is 5.26. The van der Waals surface area contributed by atoms with Crippen molar-refractivity contribution in [2.45, 2.75) is 51.8 Å². The number of carbonyl (C=O) groups excluding carboxylic acids is 1. The minimum atomic E-state index is -0.435. The van der Waals surface area contributed by atoms with E-state index >= 15 is 0 Å². The molecule has 0 radical (unpaired) electrons. The van der Waals surface area contributed by atoms with E-state index in [0.717, 1.165) is 26.1 Å². The summed E-state index contributed by atoms with van der Waals surface area (Å²) in [5.74, 6) is 1.26. The van der Waals surface area contributed by atoms with Crippen molar-refractivity contribution in [1.29, 1.82) is 0 Å². The van der Waals surface area contributed by atoms with Crippen molar-refractivity contribution in [2.75, 3.05) is 13.1 Å². The van der Waals surface area contributed by atoms with Crippen molar-refractivity contribution in [3.05, 3.63) is 16.6 Å². The lowest BCUT2D eigenvalue weighted by molar-refractivity contribution is 0.0491. The minimum absolute atomic E-state index is 0.256.